The molecule has 1 aliphatic rings. The van der Waals surface area contributed by atoms with E-state index in [0.29, 0.717) is 6.61 Å². The first-order valence-electron chi connectivity index (χ1n) is 11.7. The van der Waals surface area contributed by atoms with Gasteiger partial charge in [0.25, 0.3) is 0 Å². The van der Waals surface area contributed by atoms with Gasteiger partial charge >= 0.3 is 0 Å². The minimum atomic E-state index is 0.0706. The molecule has 5 aromatic rings. The first kappa shape index (κ1) is 20.8. The average molecular weight is 447 g/mol. The third kappa shape index (κ3) is 4.00. The van der Waals surface area contributed by atoms with E-state index in [1.165, 1.54) is 38.2 Å². The second-order valence-electron chi connectivity index (χ2n) is 8.77. The molecule has 1 aliphatic heterocycles. The van der Waals surface area contributed by atoms with Crippen molar-refractivity contribution in [1.82, 2.24) is 0 Å². The molecule has 2 atom stereocenters. The highest BCUT2D eigenvalue weighted by Crippen LogP contribution is 2.40. The molecule has 1 saturated heterocycles. The van der Waals surface area contributed by atoms with Crippen LogP contribution in [0.5, 0.6) is 11.5 Å². The number of hydrogen-bond acceptors (Lipinski definition) is 3. The van der Waals surface area contributed by atoms with Gasteiger partial charge in [-0.25, -0.2) is 0 Å². The Balaban J connectivity index is 1.51. The maximum atomic E-state index is 5.89. The standard InChI is InChI=1S/C31H26O3/c1-32-24-14-10-21(11-15-24)31(22-12-16-25(17-13-22)33-19-26-20-34-26)30-18-23-6-2-3-7-27(23)28-8-4-5-9-29(28)30/h2-18,26,31H,19-20H2,1H3. The lowest BCUT2D eigenvalue weighted by Gasteiger charge is -2.22. The van der Waals surface area contributed by atoms with E-state index in [0.717, 1.165) is 18.1 Å². The van der Waals surface area contributed by atoms with Crippen LogP contribution in [0, 0.1) is 0 Å². The summed E-state index contributed by atoms with van der Waals surface area (Å²) in [5.41, 5.74) is 3.74. The molecule has 0 bridgehead atoms. The van der Waals surface area contributed by atoms with Gasteiger partial charge in [0.15, 0.2) is 0 Å². The lowest BCUT2D eigenvalue weighted by atomic mass is 9.81. The van der Waals surface area contributed by atoms with E-state index >= 15 is 0 Å². The molecule has 3 nitrogen and oxygen atoms in total. The summed E-state index contributed by atoms with van der Waals surface area (Å²) < 4.78 is 16.6. The van der Waals surface area contributed by atoms with E-state index in [-0.39, 0.29) is 12.0 Å². The second-order valence-corrected chi connectivity index (χ2v) is 8.77. The molecule has 1 heterocycles. The fourth-order valence-corrected chi connectivity index (χ4v) is 4.78. The van der Waals surface area contributed by atoms with Crippen molar-refractivity contribution in [3.63, 3.8) is 0 Å². The Hall–Kier alpha value is -3.82. The quantitative estimate of drug-likeness (QED) is 0.154. The average Bonchev–Trinajstić information content (AvgIpc) is 3.73. The number of epoxide rings is 1. The summed E-state index contributed by atoms with van der Waals surface area (Å²) in [6.45, 7) is 1.41. The molecule has 3 heteroatoms. The van der Waals surface area contributed by atoms with E-state index in [1.807, 2.05) is 12.1 Å². The number of ether oxygens (including phenoxy) is 3. The van der Waals surface area contributed by atoms with Crippen LogP contribution in [0.1, 0.15) is 22.6 Å². The van der Waals surface area contributed by atoms with E-state index in [1.54, 1.807) is 7.11 Å². The third-order valence-electron chi connectivity index (χ3n) is 6.61. The van der Waals surface area contributed by atoms with Crippen molar-refractivity contribution in [2.75, 3.05) is 20.3 Å². The van der Waals surface area contributed by atoms with Crippen molar-refractivity contribution in [3.8, 4) is 11.5 Å². The Bertz CT molecular complexity index is 1430. The Morgan fingerprint density at radius 3 is 1.97 bits per heavy atom. The largest absolute Gasteiger partial charge is 0.497 e. The number of rotatable bonds is 7. The van der Waals surface area contributed by atoms with Crippen molar-refractivity contribution >= 4 is 21.5 Å². The fourth-order valence-electron chi connectivity index (χ4n) is 4.78. The predicted octanol–water partition coefficient (Wildman–Crippen LogP) is 6.96. The zero-order valence-corrected chi connectivity index (χ0v) is 19.1. The van der Waals surface area contributed by atoms with Crippen molar-refractivity contribution in [2.24, 2.45) is 0 Å². The lowest BCUT2D eigenvalue weighted by molar-refractivity contribution is 0.263. The molecule has 0 aromatic heterocycles. The van der Waals surface area contributed by atoms with E-state index in [2.05, 4.69) is 91.0 Å². The van der Waals surface area contributed by atoms with Gasteiger partial charge < -0.3 is 14.2 Å². The molecule has 0 amide bonds. The van der Waals surface area contributed by atoms with Gasteiger partial charge in [-0.2, -0.15) is 0 Å². The zero-order valence-electron chi connectivity index (χ0n) is 19.1. The predicted molar refractivity (Wildman–Crippen MR) is 137 cm³/mol. The van der Waals surface area contributed by atoms with Gasteiger partial charge in [0.2, 0.25) is 0 Å². The fraction of sp³-hybridized carbons (Fsp3) is 0.161. The van der Waals surface area contributed by atoms with Gasteiger partial charge in [-0.05, 0) is 68.6 Å². The molecule has 2 unspecified atom stereocenters. The van der Waals surface area contributed by atoms with Crippen LogP contribution in [0.2, 0.25) is 0 Å². The van der Waals surface area contributed by atoms with Gasteiger partial charge in [-0.3, -0.25) is 0 Å². The molecule has 5 aromatic carbocycles. The van der Waals surface area contributed by atoms with Crippen LogP contribution in [0.15, 0.2) is 103 Å². The first-order chi connectivity index (χ1) is 16.8. The Kier molecular flexibility index (Phi) is 5.40. The smallest absolute Gasteiger partial charge is 0.119 e. The van der Waals surface area contributed by atoms with Crippen LogP contribution in [-0.2, 0) is 4.74 Å². The van der Waals surface area contributed by atoms with Crippen LogP contribution in [0.3, 0.4) is 0 Å². The van der Waals surface area contributed by atoms with Crippen molar-refractivity contribution in [2.45, 2.75) is 12.0 Å². The van der Waals surface area contributed by atoms with Gasteiger partial charge in [0.1, 0.15) is 24.2 Å². The SMILES string of the molecule is COc1ccc(C(c2ccc(OCC3CO3)cc2)c2cc3ccccc3c3ccccc23)cc1. The van der Waals surface area contributed by atoms with E-state index in [9.17, 15) is 0 Å². The highest BCUT2D eigenvalue weighted by atomic mass is 16.6. The number of methoxy groups -OCH3 is 1. The topological polar surface area (TPSA) is 31.0 Å². The minimum Gasteiger partial charge on any atom is -0.497 e. The number of benzene rings is 5. The first-order valence-corrected chi connectivity index (χ1v) is 11.7. The molecule has 1 fully saturated rings. The van der Waals surface area contributed by atoms with Crippen LogP contribution in [0.4, 0.5) is 0 Å². The van der Waals surface area contributed by atoms with Crippen LogP contribution in [0.25, 0.3) is 21.5 Å². The van der Waals surface area contributed by atoms with Crippen LogP contribution < -0.4 is 9.47 Å². The summed E-state index contributed by atoms with van der Waals surface area (Å²) >= 11 is 0. The van der Waals surface area contributed by atoms with Crippen LogP contribution >= 0.6 is 0 Å². The summed E-state index contributed by atoms with van der Waals surface area (Å²) in [6, 6.07) is 36.6. The van der Waals surface area contributed by atoms with Crippen molar-refractivity contribution in [1.29, 1.82) is 0 Å². The molecule has 0 aliphatic carbocycles. The Morgan fingerprint density at radius 1 is 0.735 bits per heavy atom. The summed E-state index contributed by atoms with van der Waals surface area (Å²) in [5, 5.41) is 5.08. The summed E-state index contributed by atoms with van der Waals surface area (Å²) in [4.78, 5) is 0. The van der Waals surface area contributed by atoms with Crippen LogP contribution in [-0.4, -0.2) is 26.4 Å². The highest BCUT2D eigenvalue weighted by Gasteiger charge is 2.24. The van der Waals surface area contributed by atoms with Crippen molar-refractivity contribution in [3.05, 3.63) is 120 Å². The second kappa shape index (κ2) is 8.85. The maximum absolute atomic E-state index is 5.89. The molecule has 0 radical (unpaired) electrons. The number of hydrogen-bond donors (Lipinski definition) is 0. The summed E-state index contributed by atoms with van der Waals surface area (Å²) in [7, 11) is 1.70. The Morgan fingerprint density at radius 2 is 1.32 bits per heavy atom. The van der Waals surface area contributed by atoms with E-state index in [4.69, 9.17) is 14.2 Å². The van der Waals surface area contributed by atoms with E-state index < -0.39 is 0 Å². The molecule has 34 heavy (non-hydrogen) atoms. The van der Waals surface area contributed by atoms with Gasteiger partial charge in [0, 0.05) is 5.92 Å². The summed E-state index contributed by atoms with van der Waals surface area (Å²) in [6.07, 6.45) is 0.246. The monoisotopic (exact) mass is 446 g/mol. The molecular formula is C31H26O3. The molecule has 168 valence electrons. The van der Waals surface area contributed by atoms with Crippen molar-refractivity contribution < 1.29 is 14.2 Å². The molecule has 0 saturated carbocycles. The summed E-state index contributed by atoms with van der Waals surface area (Å²) in [5.74, 6) is 1.80. The van der Waals surface area contributed by atoms with Gasteiger partial charge in [0.05, 0.1) is 13.7 Å². The molecule has 0 spiro atoms. The Labute approximate surface area is 199 Å². The minimum absolute atomic E-state index is 0.0706. The van der Waals surface area contributed by atoms with Gasteiger partial charge in [-0.1, -0.05) is 72.8 Å². The maximum Gasteiger partial charge on any atom is 0.119 e. The normalized spacial score (nSPS) is 15.9. The zero-order chi connectivity index (χ0) is 22.9. The molecule has 6 rings (SSSR count). The van der Waals surface area contributed by atoms with Gasteiger partial charge in [-0.15, -0.1) is 0 Å². The number of fused-ring (bicyclic) bond motifs is 3. The lowest BCUT2D eigenvalue weighted by Crippen LogP contribution is -2.06. The highest BCUT2D eigenvalue weighted by molar-refractivity contribution is 6.09. The third-order valence-corrected chi connectivity index (χ3v) is 6.61. The molecule has 0 N–H and O–H groups in total. The molecular weight excluding hydrogens is 420 g/mol.